The smallest absolute Gasteiger partial charge is 0.191 e. The van der Waals surface area contributed by atoms with Crippen LogP contribution in [-0.4, -0.2) is 33.7 Å². The van der Waals surface area contributed by atoms with Crippen molar-refractivity contribution < 1.29 is 8.42 Å². The van der Waals surface area contributed by atoms with Crippen LogP contribution in [0.1, 0.15) is 30.9 Å². The third-order valence-electron chi connectivity index (χ3n) is 3.66. The van der Waals surface area contributed by atoms with E-state index in [0.717, 1.165) is 36.1 Å². The van der Waals surface area contributed by atoms with Gasteiger partial charge in [-0.25, -0.2) is 13.4 Å². The quantitative estimate of drug-likeness (QED) is 0.396. The van der Waals surface area contributed by atoms with Gasteiger partial charge in [-0.05, 0) is 49.8 Å². The Balaban J connectivity index is 0.00000264. The monoisotopic (exact) mass is 451 g/mol. The summed E-state index contributed by atoms with van der Waals surface area (Å²) in [7, 11) is -3.16. The Bertz CT molecular complexity index is 655. The maximum atomic E-state index is 11.6. The minimum absolute atomic E-state index is 0. The summed E-state index contributed by atoms with van der Waals surface area (Å²) >= 11 is 0. The van der Waals surface area contributed by atoms with Gasteiger partial charge < -0.3 is 10.6 Å². The van der Waals surface area contributed by atoms with E-state index in [2.05, 4.69) is 15.6 Å². The highest BCUT2D eigenvalue weighted by molar-refractivity contribution is 14.0. The zero-order valence-corrected chi connectivity index (χ0v) is 17.1. The van der Waals surface area contributed by atoms with Crippen LogP contribution in [0, 0.1) is 12.8 Å². The Labute approximate surface area is 156 Å². The first kappa shape index (κ1) is 20.2. The molecule has 130 valence electrons. The van der Waals surface area contributed by atoms with E-state index in [0.29, 0.717) is 11.4 Å². The molecule has 1 aromatic rings. The fraction of sp³-hybridized carbons (Fsp3) is 0.562. The van der Waals surface area contributed by atoms with E-state index in [4.69, 9.17) is 0 Å². The number of guanidine groups is 1. The van der Waals surface area contributed by atoms with Gasteiger partial charge in [0.2, 0.25) is 0 Å². The first-order valence-corrected chi connectivity index (χ1v) is 9.61. The zero-order chi connectivity index (χ0) is 16.2. The summed E-state index contributed by atoms with van der Waals surface area (Å²) in [4.78, 5) is 4.95. The number of sulfone groups is 1. The lowest BCUT2D eigenvalue weighted by atomic mass is 10.1. The summed E-state index contributed by atoms with van der Waals surface area (Å²) in [5.41, 5.74) is 1.78. The van der Waals surface area contributed by atoms with Gasteiger partial charge in [-0.2, -0.15) is 0 Å². The Kier molecular flexibility index (Phi) is 7.79. The largest absolute Gasteiger partial charge is 0.357 e. The number of hydrogen-bond acceptors (Lipinski definition) is 3. The molecule has 1 aliphatic carbocycles. The van der Waals surface area contributed by atoms with E-state index in [1.165, 1.54) is 19.1 Å². The first-order chi connectivity index (χ1) is 10.4. The Morgan fingerprint density at radius 2 is 2.00 bits per heavy atom. The fourth-order valence-electron chi connectivity index (χ4n) is 2.30. The van der Waals surface area contributed by atoms with Gasteiger partial charge in [0.05, 0.1) is 11.4 Å². The molecule has 0 heterocycles. The molecule has 1 saturated carbocycles. The second-order valence-electron chi connectivity index (χ2n) is 5.89. The maximum absolute atomic E-state index is 11.6. The van der Waals surface area contributed by atoms with Crippen LogP contribution in [-0.2, 0) is 16.4 Å². The van der Waals surface area contributed by atoms with Gasteiger partial charge in [-0.15, -0.1) is 24.0 Å². The zero-order valence-electron chi connectivity index (χ0n) is 13.9. The van der Waals surface area contributed by atoms with Gasteiger partial charge in [-0.1, -0.05) is 12.1 Å². The van der Waals surface area contributed by atoms with Crippen LogP contribution in [0.2, 0.25) is 0 Å². The average Bonchev–Trinajstić information content (AvgIpc) is 3.24. The molecule has 0 bridgehead atoms. The summed E-state index contributed by atoms with van der Waals surface area (Å²) in [6, 6.07) is 5.39. The van der Waals surface area contributed by atoms with Crippen molar-refractivity contribution in [3.63, 3.8) is 0 Å². The first-order valence-electron chi connectivity index (χ1n) is 7.72. The van der Waals surface area contributed by atoms with Gasteiger partial charge in [0.15, 0.2) is 15.8 Å². The summed E-state index contributed by atoms with van der Waals surface area (Å²) in [6.45, 7) is 6.19. The molecule has 0 unspecified atom stereocenters. The van der Waals surface area contributed by atoms with Crippen molar-refractivity contribution in [2.24, 2.45) is 10.9 Å². The second kappa shape index (κ2) is 8.86. The number of aryl methyl sites for hydroxylation is 1. The van der Waals surface area contributed by atoms with E-state index in [9.17, 15) is 8.42 Å². The van der Waals surface area contributed by atoms with Crippen LogP contribution >= 0.6 is 24.0 Å². The number of halogens is 1. The van der Waals surface area contributed by atoms with Crippen LogP contribution < -0.4 is 10.6 Å². The summed E-state index contributed by atoms with van der Waals surface area (Å²) < 4.78 is 23.2. The lowest BCUT2D eigenvalue weighted by molar-refractivity contribution is 0.601. The normalized spacial score (nSPS) is 15.0. The van der Waals surface area contributed by atoms with Gasteiger partial charge in [-0.3, -0.25) is 0 Å². The molecule has 2 N–H and O–H groups in total. The molecule has 2 rings (SSSR count). The molecular formula is C16H26IN3O2S. The van der Waals surface area contributed by atoms with E-state index >= 15 is 0 Å². The number of hydrogen-bond donors (Lipinski definition) is 2. The molecule has 23 heavy (non-hydrogen) atoms. The number of nitrogens with one attached hydrogen (secondary N) is 2. The minimum atomic E-state index is -3.16. The highest BCUT2D eigenvalue weighted by Gasteiger charge is 2.21. The molecule has 0 atom stereocenters. The maximum Gasteiger partial charge on any atom is 0.191 e. The molecule has 1 aromatic carbocycles. The molecule has 1 fully saturated rings. The average molecular weight is 451 g/mol. The van der Waals surface area contributed by atoms with Gasteiger partial charge in [0.25, 0.3) is 0 Å². The van der Waals surface area contributed by atoms with Crippen LogP contribution in [0.5, 0.6) is 0 Å². The molecule has 1 aliphatic rings. The van der Waals surface area contributed by atoms with Gasteiger partial charge in [0, 0.05) is 19.3 Å². The summed E-state index contributed by atoms with van der Waals surface area (Å²) in [6.07, 6.45) is 3.84. The standard InChI is InChI=1S/C16H25N3O2S.HI/c1-4-17-16(18-10-13-5-6-13)19-11-14-7-8-15(12(2)9-14)22(3,20)21;/h7-9,13H,4-6,10-11H2,1-3H3,(H2,17,18,19);1H. The van der Waals surface area contributed by atoms with Crippen molar-refractivity contribution in [2.75, 3.05) is 19.3 Å². The number of aliphatic imine (C=N–C) groups is 1. The topological polar surface area (TPSA) is 70.6 Å². The van der Waals surface area contributed by atoms with E-state index in [1.54, 1.807) is 6.07 Å². The second-order valence-corrected chi connectivity index (χ2v) is 7.88. The van der Waals surface area contributed by atoms with Crippen molar-refractivity contribution in [3.05, 3.63) is 29.3 Å². The Morgan fingerprint density at radius 3 is 2.52 bits per heavy atom. The van der Waals surface area contributed by atoms with E-state index < -0.39 is 9.84 Å². The Morgan fingerprint density at radius 1 is 1.30 bits per heavy atom. The Hall–Kier alpha value is -0.830. The summed E-state index contributed by atoms with van der Waals surface area (Å²) in [5, 5.41) is 6.58. The predicted molar refractivity (Wildman–Crippen MR) is 105 cm³/mol. The summed E-state index contributed by atoms with van der Waals surface area (Å²) in [5.74, 6) is 1.61. The molecule has 0 aliphatic heterocycles. The lowest BCUT2D eigenvalue weighted by Gasteiger charge is -2.11. The van der Waals surface area contributed by atoms with E-state index in [-0.39, 0.29) is 24.0 Å². The van der Waals surface area contributed by atoms with Crippen molar-refractivity contribution in [3.8, 4) is 0 Å². The molecule has 5 nitrogen and oxygen atoms in total. The number of nitrogens with zero attached hydrogens (tertiary/aromatic N) is 1. The predicted octanol–water partition coefficient (Wildman–Crippen LogP) is 2.48. The van der Waals surface area contributed by atoms with Crippen LogP contribution in [0.4, 0.5) is 0 Å². The van der Waals surface area contributed by atoms with Crippen LogP contribution in [0.15, 0.2) is 28.1 Å². The highest BCUT2D eigenvalue weighted by atomic mass is 127. The van der Waals surface area contributed by atoms with Crippen molar-refractivity contribution in [1.29, 1.82) is 0 Å². The number of rotatable bonds is 6. The van der Waals surface area contributed by atoms with Gasteiger partial charge in [0.1, 0.15) is 0 Å². The molecule has 0 saturated heterocycles. The molecule has 0 aromatic heterocycles. The van der Waals surface area contributed by atoms with E-state index in [1.807, 2.05) is 26.0 Å². The van der Waals surface area contributed by atoms with Crippen molar-refractivity contribution in [1.82, 2.24) is 10.6 Å². The molecule has 7 heteroatoms. The van der Waals surface area contributed by atoms with Gasteiger partial charge >= 0.3 is 0 Å². The fourth-order valence-corrected chi connectivity index (χ4v) is 3.26. The minimum Gasteiger partial charge on any atom is -0.357 e. The highest BCUT2D eigenvalue weighted by Crippen LogP contribution is 2.27. The third kappa shape index (κ3) is 6.66. The third-order valence-corrected chi connectivity index (χ3v) is 4.91. The van der Waals surface area contributed by atoms with Crippen molar-refractivity contribution >= 4 is 39.8 Å². The molecule has 0 radical (unpaired) electrons. The molecule has 0 amide bonds. The molecule has 0 spiro atoms. The lowest BCUT2D eigenvalue weighted by Crippen LogP contribution is -2.38. The molecular weight excluding hydrogens is 425 g/mol. The van der Waals surface area contributed by atoms with Crippen molar-refractivity contribution in [2.45, 2.75) is 38.1 Å². The number of benzene rings is 1. The SMILES string of the molecule is CCNC(=NCc1ccc(S(C)(=O)=O)c(C)c1)NCC1CC1.I. The van der Waals surface area contributed by atoms with Crippen LogP contribution in [0.3, 0.4) is 0 Å². The van der Waals surface area contributed by atoms with Crippen LogP contribution in [0.25, 0.3) is 0 Å².